The summed E-state index contributed by atoms with van der Waals surface area (Å²) in [7, 11) is 0. The fraction of sp³-hybridized carbons (Fsp3) is 0.0556. The van der Waals surface area contributed by atoms with Crippen molar-refractivity contribution in [2.75, 3.05) is 5.01 Å². The maximum absolute atomic E-state index is 12.4. The zero-order valence-corrected chi connectivity index (χ0v) is 11.8. The third-order valence-electron chi connectivity index (χ3n) is 3.77. The Hall–Kier alpha value is -3.01. The molecule has 3 aromatic rings. The molecule has 0 aliphatic carbocycles. The minimum atomic E-state index is -0.0183. The summed E-state index contributed by atoms with van der Waals surface area (Å²) in [6.07, 6.45) is 3.75. The highest BCUT2D eigenvalue weighted by atomic mass is 16.2. The van der Waals surface area contributed by atoms with Gasteiger partial charge >= 0.3 is 0 Å². The Morgan fingerprint density at radius 1 is 0.955 bits per heavy atom. The fourth-order valence-electron chi connectivity index (χ4n) is 2.70. The molecule has 22 heavy (non-hydrogen) atoms. The fourth-order valence-corrected chi connectivity index (χ4v) is 2.70. The van der Waals surface area contributed by atoms with E-state index in [9.17, 15) is 4.79 Å². The minimum Gasteiger partial charge on any atom is -0.272 e. The third-order valence-corrected chi connectivity index (χ3v) is 3.77. The number of pyridine rings is 1. The number of carbonyl (C=O) groups excluding carboxylic acids is 1. The van der Waals surface area contributed by atoms with Crippen molar-refractivity contribution in [2.24, 2.45) is 5.10 Å². The van der Waals surface area contributed by atoms with Crippen molar-refractivity contribution in [2.45, 2.75) is 6.42 Å². The summed E-state index contributed by atoms with van der Waals surface area (Å²) < 4.78 is 0. The second kappa shape index (κ2) is 5.07. The maximum atomic E-state index is 12.4. The molecule has 106 valence electrons. The largest absolute Gasteiger partial charge is 0.272 e. The molecule has 0 saturated heterocycles. The van der Waals surface area contributed by atoms with Crippen molar-refractivity contribution in [3.63, 3.8) is 0 Å². The zero-order valence-electron chi connectivity index (χ0n) is 11.8. The number of hydrazone groups is 1. The normalized spacial score (nSPS) is 14.5. The molecule has 1 aliphatic heterocycles. The summed E-state index contributed by atoms with van der Waals surface area (Å²) in [5.41, 5.74) is 2.46. The topological polar surface area (TPSA) is 45.6 Å². The summed E-state index contributed by atoms with van der Waals surface area (Å²) in [5.74, 6) is -0.0183. The number of carbonyl (C=O) groups is 1. The van der Waals surface area contributed by atoms with E-state index in [0.29, 0.717) is 6.42 Å². The summed E-state index contributed by atoms with van der Waals surface area (Å²) in [6.45, 7) is 0. The number of amides is 1. The Labute approximate surface area is 127 Å². The van der Waals surface area contributed by atoms with Gasteiger partial charge in [0.2, 0.25) is 0 Å². The molecule has 0 spiro atoms. The van der Waals surface area contributed by atoms with Crippen LogP contribution in [0.2, 0.25) is 0 Å². The predicted octanol–water partition coefficient (Wildman–Crippen LogP) is 3.38. The molecular weight excluding hydrogens is 274 g/mol. The average molecular weight is 287 g/mol. The molecule has 1 amide bonds. The van der Waals surface area contributed by atoms with E-state index < -0.39 is 0 Å². The van der Waals surface area contributed by atoms with Gasteiger partial charge in [0.15, 0.2) is 0 Å². The molecule has 2 heterocycles. The maximum Gasteiger partial charge on any atom is 0.253 e. The van der Waals surface area contributed by atoms with Crippen molar-refractivity contribution in [3.05, 3.63) is 72.6 Å². The molecular formula is C18H13N3O. The van der Waals surface area contributed by atoms with Crippen molar-refractivity contribution in [3.8, 4) is 0 Å². The Morgan fingerprint density at radius 2 is 1.82 bits per heavy atom. The van der Waals surface area contributed by atoms with Crippen molar-refractivity contribution >= 4 is 28.1 Å². The van der Waals surface area contributed by atoms with E-state index in [0.717, 1.165) is 27.7 Å². The second-order valence-corrected chi connectivity index (χ2v) is 5.17. The van der Waals surface area contributed by atoms with Crippen molar-refractivity contribution in [1.82, 2.24) is 4.98 Å². The molecule has 0 N–H and O–H groups in total. The highest BCUT2D eigenvalue weighted by Gasteiger charge is 2.27. The first-order chi connectivity index (χ1) is 10.8. The lowest BCUT2D eigenvalue weighted by atomic mass is 10.1. The molecule has 0 radical (unpaired) electrons. The molecule has 0 fully saturated rings. The molecule has 0 bridgehead atoms. The summed E-state index contributed by atoms with van der Waals surface area (Å²) in [4.78, 5) is 16.5. The van der Waals surface area contributed by atoms with Gasteiger partial charge in [-0.1, -0.05) is 36.4 Å². The zero-order chi connectivity index (χ0) is 14.9. The number of anilines is 1. The monoisotopic (exact) mass is 287 g/mol. The van der Waals surface area contributed by atoms with Gasteiger partial charge in [-0.25, -0.2) is 0 Å². The standard InChI is InChI=1S/C18H13N3O/c22-18-11-16(14-7-4-10-19-12-14)20-21(18)17-9-3-6-13-5-1-2-8-15(13)17/h1-10,12H,11H2. The van der Waals surface area contributed by atoms with Crippen molar-refractivity contribution < 1.29 is 4.79 Å². The molecule has 0 unspecified atom stereocenters. The average Bonchev–Trinajstić information content (AvgIpc) is 2.97. The van der Waals surface area contributed by atoms with E-state index in [-0.39, 0.29) is 5.91 Å². The number of aromatic nitrogens is 1. The van der Waals surface area contributed by atoms with Gasteiger partial charge in [0.25, 0.3) is 5.91 Å². The van der Waals surface area contributed by atoms with Crippen LogP contribution in [0.1, 0.15) is 12.0 Å². The number of nitrogens with zero attached hydrogens (tertiary/aromatic N) is 3. The van der Waals surface area contributed by atoms with Crippen LogP contribution in [0.3, 0.4) is 0 Å². The first-order valence-corrected chi connectivity index (χ1v) is 7.11. The lowest BCUT2D eigenvalue weighted by Gasteiger charge is -2.14. The molecule has 0 saturated carbocycles. The van der Waals surface area contributed by atoms with Crippen LogP contribution in [0.25, 0.3) is 10.8 Å². The van der Waals surface area contributed by atoms with E-state index in [1.807, 2.05) is 54.6 Å². The van der Waals surface area contributed by atoms with Gasteiger partial charge in [0.05, 0.1) is 17.8 Å². The SMILES string of the molecule is O=C1CC(c2cccnc2)=NN1c1cccc2ccccc12. The van der Waals surface area contributed by atoms with Crippen LogP contribution in [0.4, 0.5) is 5.69 Å². The third kappa shape index (κ3) is 2.05. The van der Waals surface area contributed by atoms with E-state index in [1.165, 1.54) is 5.01 Å². The van der Waals surface area contributed by atoms with Gasteiger partial charge in [-0.15, -0.1) is 0 Å². The van der Waals surface area contributed by atoms with Gasteiger partial charge in [-0.2, -0.15) is 10.1 Å². The molecule has 4 nitrogen and oxygen atoms in total. The quantitative estimate of drug-likeness (QED) is 0.725. The van der Waals surface area contributed by atoms with E-state index in [1.54, 1.807) is 12.4 Å². The number of fused-ring (bicyclic) bond motifs is 1. The van der Waals surface area contributed by atoms with Crippen LogP contribution >= 0.6 is 0 Å². The van der Waals surface area contributed by atoms with E-state index >= 15 is 0 Å². The van der Waals surface area contributed by atoms with E-state index in [2.05, 4.69) is 10.1 Å². The predicted molar refractivity (Wildman–Crippen MR) is 86.8 cm³/mol. The van der Waals surface area contributed by atoms with Gasteiger partial charge in [0.1, 0.15) is 0 Å². The Balaban J connectivity index is 1.82. The number of hydrogen-bond acceptors (Lipinski definition) is 3. The highest BCUT2D eigenvalue weighted by molar-refractivity contribution is 6.20. The highest BCUT2D eigenvalue weighted by Crippen LogP contribution is 2.30. The summed E-state index contributed by atoms with van der Waals surface area (Å²) in [5, 5.41) is 8.14. The molecule has 0 atom stereocenters. The molecule has 4 heteroatoms. The van der Waals surface area contributed by atoms with Crippen LogP contribution in [-0.2, 0) is 4.79 Å². The molecule has 4 rings (SSSR count). The number of hydrogen-bond donors (Lipinski definition) is 0. The Morgan fingerprint density at radius 3 is 2.68 bits per heavy atom. The van der Waals surface area contributed by atoms with Gasteiger partial charge in [-0.3, -0.25) is 9.78 Å². The van der Waals surface area contributed by atoms with Crippen LogP contribution in [0.15, 0.2) is 72.1 Å². The van der Waals surface area contributed by atoms with Crippen LogP contribution in [-0.4, -0.2) is 16.6 Å². The van der Waals surface area contributed by atoms with Crippen LogP contribution in [0.5, 0.6) is 0 Å². The first-order valence-electron chi connectivity index (χ1n) is 7.11. The Bertz CT molecular complexity index is 882. The molecule has 1 aromatic heterocycles. The van der Waals surface area contributed by atoms with Gasteiger partial charge in [0, 0.05) is 23.3 Å². The molecule has 1 aliphatic rings. The van der Waals surface area contributed by atoms with Crippen molar-refractivity contribution in [1.29, 1.82) is 0 Å². The van der Waals surface area contributed by atoms with Gasteiger partial charge < -0.3 is 0 Å². The lowest BCUT2D eigenvalue weighted by molar-refractivity contribution is -0.116. The Kier molecular flexibility index (Phi) is 2.93. The number of benzene rings is 2. The van der Waals surface area contributed by atoms with E-state index in [4.69, 9.17) is 0 Å². The summed E-state index contributed by atoms with van der Waals surface area (Å²) in [6, 6.07) is 17.7. The molecule has 2 aromatic carbocycles. The van der Waals surface area contributed by atoms with Crippen LogP contribution in [0, 0.1) is 0 Å². The minimum absolute atomic E-state index is 0.0183. The first kappa shape index (κ1) is 12.7. The summed E-state index contributed by atoms with van der Waals surface area (Å²) >= 11 is 0. The smallest absolute Gasteiger partial charge is 0.253 e. The van der Waals surface area contributed by atoms with Crippen LogP contribution < -0.4 is 5.01 Å². The van der Waals surface area contributed by atoms with Gasteiger partial charge in [-0.05, 0) is 23.6 Å². The second-order valence-electron chi connectivity index (χ2n) is 5.17. The lowest BCUT2D eigenvalue weighted by Crippen LogP contribution is -2.19. The number of rotatable bonds is 2.